The predicted molar refractivity (Wildman–Crippen MR) is 231 cm³/mol. The van der Waals surface area contributed by atoms with Gasteiger partial charge in [-0.15, -0.1) is 11.3 Å². The summed E-state index contributed by atoms with van der Waals surface area (Å²) in [7, 11) is 0. The van der Waals surface area contributed by atoms with Crippen molar-refractivity contribution in [3.63, 3.8) is 0 Å². The number of aromatic nitrogens is 2. The first kappa shape index (κ1) is 30.8. The van der Waals surface area contributed by atoms with Crippen LogP contribution in [0.2, 0.25) is 0 Å². The van der Waals surface area contributed by atoms with Crippen LogP contribution in [0.25, 0.3) is 103 Å². The molecule has 2 aromatic heterocycles. The first-order valence-corrected chi connectivity index (χ1v) is 19.2. The zero-order valence-electron chi connectivity index (χ0n) is 29.3. The number of para-hydroxylation sites is 3. The number of benzene rings is 9. The van der Waals surface area contributed by atoms with Crippen LogP contribution in [0.15, 0.2) is 194 Å². The highest BCUT2D eigenvalue weighted by molar-refractivity contribution is 7.26. The average molecular weight is 705 g/mol. The molecule has 0 radical (unpaired) electrons. The van der Waals surface area contributed by atoms with Gasteiger partial charge < -0.3 is 0 Å². The highest BCUT2D eigenvalue weighted by atomic mass is 32.1. The molecule has 3 heteroatoms. The van der Waals surface area contributed by atoms with E-state index in [0.29, 0.717) is 0 Å². The van der Waals surface area contributed by atoms with Crippen LogP contribution in [-0.4, -0.2) is 9.55 Å². The molecule has 11 aromatic rings. The molecule has 54 heavy (non-hydrogen) atoms. The summed E-state index contributed by atoms with van der Waals surface area (Å²) >= 11 is 1.88. The van der Waals surface area contributed by atoms with Crippen molar-refractivity contribution in [1.29, 1.82) is 0 Å². The summed E-state index contributed by atoms with van der Waals surface area (Å²) in [5.74, 6) is 0.937. The largest absolute Gasteiger partial charge is 0.292 e. The van der Waals surface area contributed by atoms with Crippen molar-refractivity contribution in [1.82, 2.24) is 9.55 Å². The maximum atomic E-state index is 5.13. The zero-order valence-corrected chi connectivity index (χ0v) is 30.1. The van der Waals surface area contributed by atoms with E-state index in [-0.39, 0.29) is 0 Å². The molecular weight excluding hydrogens is 673 g/mol. The zero-order chi connectivity index (χ0) is 35.6. The first-order valence-electron chi connectivity index (χ1n) is 18.4. The molecule has 0 spiro atoms. The lowest BCUT2D eigenvalue weighted by atomic mass is 9.93. The Labute approximate surface area is 316 Å². The van der Waals surface area contributed by atoms with E-state index >= 15 is 0 Å². The van der Waals surface area contributed by atoms with Crippen molar-refractivity contribution >= 4 is 64.1 Å². The second kappa shape index (κ2) is 12.4. The Morgan fingerprint density at radius 2 is 0.944 bits per heavy atom. The van der Waals surface area contributed by atoms with E-state index in [1.54, 1.807) is 0 Å². The third-order valence-corrected chi connectivity index (χ3v) is 12.0. The van der Waals surface area contributed by atoms with Crippen LogP contribution in [0.1, 0.15) is 0 Å². The lowest BCUT2D eigenvalue weighted by molar-refractivity contribution is 1.10. The van der Waals surface area contributed by atoms with Gasteiger partial charge in [-0.3, -0.25) is 4.57 Å². The summed E-state index contributed by atoms with van der Waals surface area (Å²) in [6, 6.07) is 70.5. The standard InChI is InChI=1S/C51H32N2S/c1-2-14-43(15-3-1)53-48-17-9-8-16-47(48)52-51(53)36-22-20-35(21-23-36)44-31-42(40-25-19-34-11-5-7-13-38(34)29-40)32-46-45-30-41(26-27-49(45)54-50(44)46)39-24-18-33-10-4-6-12-37(33)28-39/h1-32H. The Balaban J connectivity index is 1.09. The van der Waals surface area contributed by atoms with Crippen molar-refractivity contribution in [2.75, 3.05) is 0 Å². The molecule has 0 bridgehead atoms. The van der Waals surface area contributed by atoms with Crippen LogP contribution < -0.4 is 0 Å². The molecule has 0 aliphatic carbocycles. The van der Waals surface area contributed by atoms with Crippen molar-refractivity contribution in [2.24, 2.45) is 0 Å². The lowest BCUT2D eigenvalue weighted by Gasteiger charge is -2.12. The fourth-order valence-corrected chi connectivity index (χ4v) is 9.23. The van der Waals surface area contributed by atoms with E-state index in [0.717, 1.165) is 28.1 Å². The molecule has 2 nitrogen and oxygen atoms in total. The van der Waals surface area contributed by atoms with E-state index in [4.69, 9.17) is 4.98 Å². The third-order valence-electron chi connectivity index (χ3n) is 10.8. The first-order chi connectivity index (χ1) is 26.7. The van der Waals surface area contributed by atoms with Gasteiger partial charge in [-0.05, 0) is 110 Å². The van der Waals surface area contributed by atoms with Crippen LogP contribution in [0.3, 0.4) is 0 Å². The van der Waals surface area contributed by atoms with Gasteiger partial charge in [-0.1, -0.05) is 133 Å². The average Bonchev–Trinajstić information content (AvgIpc) is 3.82. The van der Waals surface area contributed by atoms with E-state index in [1.165, 1.54) is 75.1 Å². The Morgan fingerprint density at radius 3 is 1.69 bits per heavy atom. The summed E-state index contributed by atoms with van der Waals surface area (Å²) in [6.07, 6.45) is 0. The highest BCUT2D eigenvalue weighted by Gasteiger charge is 2.17. The molecular formula is C51H32N2S. The van der Waals surface area contributed by atoms with Crippen LogP contribution in [0.4, 0.5) is 0 Å². The minimum Gasteiger partial charge on any atom is -0.292 e. The topological polar surface area (TPSA) is 17.8 Å². The molecule has 2 heterocycles. The number of hydrogen-bond donors (Lipinski definition) is 0. The second-order valence-electron chi connectivity index (χ2n) is 14.0. The summed E-state index contributed by atoms with van der Waals surface area (Å²) in [5, 5.41) is 7.59. The van der Waals surface area contributed by atoms with Crippen molar-refractivity contribution in [3.8, 4) is 50.5 Å². The monoisotopic (exact) mass is 704 g/mol. The summed E-state index contributed by atoms with van der Waals surface area (Å²) < 4.78 is 4.86. The van der Waals surface area contributed by atoms with Gasteiger partial charge in [-0.2, -0.15) is 0 Å². The van der Waals surface area contributed by atoms with E-state index < -0.39 is 0 Å². The molecule has 0 saturated carbocycles. The number of hydrogen-bond acceptors (Lipinski definition) is 2. The van der Waals surface area contributed by atoms with Gasteiger partial charge in [0.05, 0.1) is 11.0 Å². The molecule has 252 valence electrons. The fourth-order valence-electron chi connectivity index (χ4n) is 8.03. The number of thiophene rings is 1. The molecule has 0 N–H and O–H groups in total. The molecule has 0 unspecified atom stereocenters. The molecule has 9 aromatic carbocycles. The van der Waals surface area contributed by atoms with Gasteiger partial charge in [0.2, 0.25) is 0 Å². The van der Waals surface area contributed by atoms with Crippen LogP contribution >= 0.6 is 11.3 Å². The molecule has 0 aliphatic rings. The van der Waals surface area contributed by atoms with Crippen LogP contribution in [-0.2, 0) is 0 Å². The highest BCUT2D eigenvalue weighted by Crippen LogP contribution is 2.45. The summed E-state index contributed by atoms with van der Waals surface area (Å²) in [4.78, 5) is 5.13. The van der Waals surface area contributed by atoms with Gasteiger partial charge in [-0.25, -0.2) is 4.98 Å². The molecule has 0 amide bonds. The molecule has 0 aliphatic heterocycles. The van der Waals surface area contributed by atoms with Gasteiger partial charge in [0.15, 0.2) is 0 Å². The van der Waals surface area contributed by atoms with Gasteiger partial charge in [0, 0.05) is 37.0 Å². The Kier molecular flexibility index (Phi) is 7.07. The summed E-state index contributed by atoms with van der Waals surface area (Å²) in [5.41, 5.74) is 11.6. The molecule has 0 saturated heterocycles. The lowest BCUT2D eigenvalue weighted by Crippen LogP contribution is -1.97. The summed E-state index contributed by atoms with van der Waals surface area (Å²) in [6.45, 7) is 0. The smallest absolute Gasteiger partial charge is 0.145 e. The Bertz CT molecular complexity index is 3210. The predicted octanol–water partition coefficient (Wildman–Crippen LogP) is 14.4. The molecule has 11 rings (SSSR count). The second-order valence-corrected chi connectivity index (χ2v) is 15.1. The third kappa shape index (κ3) is 5.13. The quantitative estimate of drug-likeness (QED) is 0.174. The number of fused-ring (bicyclic) bond motifs is 6. The van der Waals surface area contributed by atoms with Crippen LogP contribution in [0.5, 0.6) is 0 Å². The Morgan fingerprint density at radius 1 is 0.389 bits per heavy atom. The maximum Gasteiger partial charge on any atom is 0.145 e. The van der Waals surface area contributed by atoms with Gasteiger partial charge >= 0.3 is 0 Å². The normalized spacial score (nSPS) is 11.7. The van der Waals surface area contributed by atoms with E-state index in [9.17, 15) is 0 Å². The van der Waals surface area contributed by atoms with Gasteiger partial charge in [0.25, 0.3) is 0 Å². The minimum absolute atomic E-state index is 0.937. The number of imidazole rings is 1. The molecule has 0 fully saturated rings. The molecule has 0 atom stereocenters. The van der Waals surface area contributed by atoms with Crippen molar-refractivity contribution in [3.05, 3.63) is 194 Å². The van der Waals surface area contributed by atoms with E-state index in [1.807, 2.05) is 11.3 Å². The van der Waals surface area contributed by atoms with Crippen LogP contribution in [0, 0.1) is 0 Å². The Hall–Kier alpha value is -6.81. The number of nitrogens with zero attached hydrogens (tertiary/aromatic N) is 2. The van der Waals surface area contributed by atoms with Gasteiger partial charge in [0.1, 0.15) is 5.82 Å². The SMILES string of the molecule is c1ccc(-n2c(-c3ccc(-c4cc(-c5ccc6ccccc6c5)cc5c4sc4ccc(-c6ccc7ccccc7c6)cc45)cc3)nc3ccccc32)cc1. The fraction of sp³-hybridized carbons (Fsp3) is 0. The number of rotatable bonds is 5. The van der Waals surface area contributed by atoms with Crippen molar-refractivity contribution in [2.45, 2.75) is 0 Å². The van der Waals surface area contributed by atoms with E-state index in [2.05, 4.69) is 199 Å². The minimum atomic E-state index is 0.937. The maximum absolute atomic E-state index is 5.13. The van der Waals surface area contributed by atoms with Crippen molar-refractivity contribution < 1.29 is 0 Å².